The Bertz CT molecular complexity index is 1040. The number of rotatable bonds is 4. The Kier molecular flexibility index (Phi) is 4.49. The van der Waals surface area contributed by atoms with E-state index in [-0.39, 0.29) is 5.82 Å². The number of hydrogen-bond donors (Lipinski definition) is 1. The number of nitrogens with zero attached hydrogens (tertiary/aromatic N) is 1. The average molecular weight is 366 g/mol. The number of halogens is 2. The fourth-order valence-electron chi connectivity index (χ4n) is 3.25. The molecule has 0 aliphatic heterocycles. The number of hydrogen-bond acceptors (Lipinski definition) is 1. The first kappa shape index (κ1) is 16.8. The molecule has 130 valence electrons. The molecule has 0 bridgehead atoms. The molecule has 0 fully saturated rings. The summed E-state index contributed by atoms with van der Waals surface area (Å²) in [6.07, 6.45) is 1.20. The van der Waals surface area contributed by atoms with Gasteiger partial charge in [0.05, 0.1) is 0 Å². The molecular weight excluding hydrogens is 349 g/mol. The van der Waals surface area contributed by atoms with Gasteiger partial charge in [-0.1, -0.05) is 54.1 Å². The zero-order valence-electron chi connectivity index (χ0n) is 13.9. The van der Waals surface area contributed by atoms with Crippen LogP contribution in [0.2, 0.25) is 5.02 Å². The molecule has 0 aliphatic rings. The van der Waals surface area contributed by atoms with Crippen molar-refractivity contribution in [2.24, 2.45) is 0 Å². The molecule has 1 heterocycles. The van der Waals surface area contributed by atoms with Gasteiger partial charge in [0, 0.05) is 34.2 Å². The minimum absolute atomic E-state index is 0.252. The molecule has 0 aliphatic carbocycles. The summed E-state index contributed by atoms with van der Waals surface area (Å²) in [5.74, 6) is -0.252. The molecular formula is C22H17ClFNO. The number of aromatic nitrogens is 1. The maximum absolute atomic E-state index is 13.2. The van der Waals surface area contributed by atoms with Gasteiger partial charge >= 0.3 is 0 Å². The van der Waals surface area contributed by atoms with Gasteiger partial charge in [0.2, 0.25) is 0 Å². The maximum Gasteiger partial charge on any atom is 0.123 e. The van der Waals surface area contributed by atoms with Crippen LogP contribution in [0.5, 0.6) is 0 Å². The molecule has 4 rings (SSSR count). The Morgan fingerprint density at radius 2 is 1.69 bits per heavy atom. The lowest BCUT2D eigenvalue weighted by molar-refractivity contribution is 0.221. The van der Waals surface area contributed by atoms with E-state index in [0.717, 1.165) is 27.6 Å². The topological polar surface area (TPSA) is 25.2 Å². The second-order valence-corrected chi connectivity index (χ2v) is 6.75. The Morgan fingerprint density at radius 1 is 0.962 bits per heavy atom. The predicted octanol–water partition coefficient (Wildman–Crippen LogP) is 5.56. The fourth-order valence-corrected chi connectivity index (χ4v) is 3.42. The highest BCUT2D eigenvalue weighted by Crippen LogP contribution is 2.32. The van der Waals surface area contributed by atoms with Gasteiger partial charge < -0.3 is 9.67 Å². The smallest absolute Gasteiger partial charge is 0.123 e. The third kappa shape index (κ3) is 3.24. The lowest BCUT2D eigenvalue weighted by Crippen LogP contribution is -2.00. The summed E-state index contributed by atoms with van der Waals surface area (Å²) in [4.78, 5) is 0. The van der Waals surface area contributed by atoms with Crippen molar-refractivity contribution < 1.29 is 9.50 Å². The van der Waals surface area contributed by atoms with Gasteiger partial charge in [-0.25, -0.2) is 4.39 Å². The van der Waals surface area contributed by atoms with Gasteiger partial charge in [0.1, 0.15) is 11.9 Å². The van der Waals surface area contributed by atoms with E-state index < -0.39 is 6.10 Å². The highest BCUT2D eigenvalue weighted by molar-refractivity contribution is 6.31. The zero-order valence-corrected chi connectivity index (χ0v) is 14.7. The molecule has 0 saturated carbocycles. The van der Waals surface area contributed by atoms with Crippen LogP contribution in [-0.2, 0) is 6.54 Å². The van der Waals surface area contributed by atoms with Crippen molar-refractivity contribution in [2.75, 3.05) is 0 Å². The van der Waals surface area contributed by atoms with E-state index in [2.05, 4.69) is 4.57 Å². The normalized spacial score (nSPS) is 12.4. The van der Waals surface area contributed by atoms with Gasteiger partial charge in [0.25, 0.3) is 0 Å². The van der Waals surface area contributed by atoms with Crippen molar-refractivity contribution in [3.05, 3.63) is 107 Å². The van der Waals surface area contributed by atoms with E-state index in [4.69, 9.17) is 11.6 Å². The molecule has 26 heavy (non-hydrogen) atoms. The SMILES string of the molecule is OC(c1ccccc1)c1cn(Cc2ccc(F)cc2)c2ccc(Cl)cc12. The monoisotopic (exact) mass is 365 g/mol. The van der Waals surface area contributed by atoms with Crippen molar-refractivity contribution in [3.63, 3.8) is 0 Å². The summed E-state index contributed by atoms with van der Waals surface area (Å²) < 4.78 is 15.2. The Labute approximate surface area is 156 Å². The molecule has 0 spiro atoms. The molecule has 3 aromatic carbocycles. The van der Waals surface area contributed by atoms with Crippen LogP contribution in [0.25, 0.3) is 10.9 Å². The first-order valence-corrected chi connectivity index (χ1v) is 8.75. The van der Waals surface area contributed by atoms with E-state index in [0.29, 0.717) is 11.6 Å². The summed E-state index contributed by atoms with van der Waals surface area (Å²) in [5.41, 5.74) is 3.59. The molecule has 4 heteroatoms. The third-order valence-corrected chi connectivity index (χ3v) is 4.79. The molecule has 1 unspecified atom stereocenters. The van der Waals surface area contributed by atoms with Crippen LogP contribution in [0.4, 0.5) is 4.39 Å². The Morgan fingerprint density at radius 3 is 2.42 bits per heavy atom. The van der Waals surface area contributed by atoms with Crippen LogP contribution in [0, 0.1) is 5.82 Å². The molecule has 4 aromatic rings. The summed E-state index contributed by atoms with van der Waals surface area (Å²) >= 11 is 6.20. The van der Waals surface area contributed by atoms with Crippen LogP contribution >= 0.6 is 11.6 Å². The lowest BCUT2D eigenvalue weighted by Gasteiger charge is -2.10. The van der Waals surface area contributed by atoms with E-state index in [1.807, 2.05) is 54.7 Å². The summed E-state index contributed by atoms with van der Waals surface area (Å²) in [6, 6.07) is 21.6. The lowest BCUT2D eigenvalue weighted by atomic mass is 10.0. The number of aliphatic hydroxyl groups is 1. The van der Waals surface area contributed by atoms with Crippen LogP contribution in [-0.4, -0.2) is 9.67 Å². The zero-order chi connectivity index (χ0) is 18.1. The van der Waals surface area contributed by atoms with E-state index in [9.17, 15) is 9.50 Å². The molecule has 0 amide bonds. The van der Waals surface area contributed by atoms with Crippen molar-refractivity contribution >= 4 is 22.5 Å². The van der Waals surface area contributed by atoms with E-state index >= 15 is 0 Å². The Balaban J connectivity index is 1.80. The second kappa shape index (κ2) is 6.94. The van der Waals surface area contributed by atoms with E-state index in [1.54, 1.807) is 12.1 Å². The largest absolute Gasteiger partial charge is 0.384 e. The summed E-state index contributed by atoms with van der Waals surface area (Å²) in [5, 5.41) is 12.4. The molecule has 2 nitrogen and oxygen atoms in total. The minimum atomic E-state index is -0.744. The van der Waals surface area contributed by atoms with Crippen LogP contribution in [0.3, 0.4) is 0 Å². The van der Waals surface area contributed by atoms with E-state index in [1.165, 1.54) is 12.1 Å². The van der Waals surface area contributed by atoms with Crippen LogP contribution < -0.4 is 0 Å². The third-order valence-electron chi connectivity index (χ3n) is 4.55. The van der Waals surface area contributed by atoms with Crippen molar-refractivity contribution in [2.45, 2.75) is 12.6 Å². The number of fused-ring (bicyclic) bond motifs is 1. The van der Waals surface area contributed by atoms with Crippen LogP contribution in [0.1, 0.15) is 22.8 Å². The standard InChI is InChI=1S/C22H17ClFNO/c23-17-8-11-21-19(12-17)20(22(26)16-4-2-1-3-5-16)14-25(21)13-15-6-9-18(24)10-7-15/h1-12,14,22,26H,13H2. The second-order valence-electron chi connectivity index (χ2n) is 6.31. The van der Waals surface area contributed by atoms with Crippen LogP contribution in [0.15, 0.2) is 79.0 Å². The number of benzene rings is 3. The summed E-state index contributed by atoms with van der Waals surface area (Å²) in [6.45, 7) is 0.583. The fraction of sp³-hybridized carbons (Fsp3) is 0.0909. The molecule has 1 atom stereocenters. The average Bonchev–Trinajstić information content (AvgIpc) is 3.01. The highest BCUT2D eigenvalue weighted by atomic mass is 35.5. The molecule has 0 radical (unpaired) electrons. The quantitative estimate of drug-likeness (QED) is 0.503. The molecule has 1 N–H and O–H groups in total. The number of aliphatic hydroxyl groups excluding tert-OH is 1. The predicted molar refractivity (Wildman–Crippen MR) is 103 cm³/mol. The van der Waals surface area contributed by atoms with Gasteiger partial charge in [-0.15, -0.1) is 0 Å². The Hall–Kier alpha value is -2.62. The van der Waals surface area contributed by atoms with Gasteiger partial charge in [-0.05, 0) is 41.5 Å². The minimum Gasteiger partial charge on any atom is -0.384 e. The van der Waals surface area contributed by atoms with Gasteiger partial charge in [0.15, 0.2) is 0 Å². The molecule has 1 aromatic heterocycles. The highest BCUT2D eigenvalue weighted by Gasteiger charge is 2.18. The summed E-state index contributed by atoms with van der Waals surface area (Å²) in [7, 11) is 0. The van der Waals surface area contributed by atoms with Crippen molar-refractivity contribution in [1.29, 1.82) is 0 Å². The molecule has 0 saturated heterocycles. The van der Waals surface area contributed by atoms with Crippen molar-refractivity contribution in [1.82, 2.24) is 4.57 Å². The van der Waals surface area contributed by atoms with Gasteiger partial charge in [-0.2, -0.15) is 0 Å². The first-order chi connectivity index (χ1) is 12.6. The van der Waals surface area contributed by atoms with Crippen molar-refractivity contribution in [3.8, 4) is 0 Å². The first-order valence-electron chi connectivity index (χ1n) is 8.37. The maximum atomic E-state index is 13.2. The van der Waals surface area contributed by atoms with Gasteiger partial charge in [-0.3, -0.25) is 0 Å².